The van der Waals surface area contributed by atoms with Gasteiger partial charge in [-0.05, 0) is 129 Å². The molecule has 36 heavy (non-hydrogen) atoms. The predicted octanol–water partition coefficient (Wildman–Crippen LogP) is 8.83. The second-order valence-corrected chi connectivity index (χ2v) is 12.3. The molecule has 0 bridgehead atoms. The Labute approximate surface area is 227 Å². The smallest absolute Gasteiger partial charge is 0.126 e. The Morgan fingerprint density at radius 3 is 1.92 bits per heavy atom. The highest BCUT2D eigenvalue weighted by molar-refractivity contribution is 7.99. The Morgan fingerprint density at radius 2 is 1.33 bits per heavy atom. The van der Waals surface area contributed by atoms with Gasteiger partial charge >= 0.3 is 0 Å². The number of halogens is 2. The average molecular weight is 544 g/mol. The van der Waals surface area contributed by atoms with Gasteiger partial charge in [-0.15, -0.1) is 35.3 Å². The molecule has 0 amide bonds. The molecule has 4 rings (SSSR count). The molecule has 0 radical (unpaired) electrons. The number of thioether (sulfide) groups is 3. The van der Waals surface area contributed by atoms with E-state index >= 15 is 0 Å². The number of hydrogen-bond donors (Lipinski definition) is 0. The Morgan fingerprint density at radius 1 is 0.778 bits per heavy atom. The van der Waals surface area contributed by atoms with Crippen LogP contribution < -0.4 is 0 Å². The van der Waals surface area contributed by atoms with Crippen LogP contribution in [0.3, 0.4) is 0 Å². The van der Waals surface area contributed by atoms with Gasteiger partial charge in [-0.1, -0.05) is 12.1 Å². The lowest BCUT2D eigenvalue weighted by Crippen LogP contribution is -2.35. The summed E-state index contributed by atoms with van der Waals surface area (Å²) < 4.78 is 28.1. The molecule has 1 nitrogen and oxygen atoms in total. The minimum Gasteiger partial charge on any atom is -0.303 e. The van der Waals surface area contributed by atoms with E-state index in [1.807, 2.05) is 11.8 Å². The summed E-state index contributed by atoms with van der Waals surface area (Å²) in [7, 11) is 0. The largest absolute Gasteiger partial charge is 0.303 e. The van der Waals surface area contributed by atoms with Gasteiger partial charge < -0.3 is 4.90 Å². The number of benzene rings is 3. The second-order valence-electron chi connectivity index (χ2n) is 9.41. The van der Waals surface area contributed by atoms with Gasteiger partial charge in [0.05, 0.1) is 0 Å². The molecule has 1 aliphatic rings. The SMILES string of the molecule is CSc1ccc(SCCC2CCN(CCC(c3ccc(SC)cc3)c3cc(F)cc(F)c3)CC2)cc1. The molecule has 1 saturated heterocycles. The quantitative estimate of drug-likeness (QED) is 0.222. The van der Waals surface area contributed by atoms with Gasteiger partial charge in [0, 0.05) is 26.7 Å². The maximum Gasteiger partial charge on any atom is 0.126 e. The first-order valence-corrected chi connectivity index (χ1v) is 16.1. The van der Waals surface area contributed by atoms with E-state index in [-0.39, 0.29) is 5.92 Å². The summed E-state index contributed by atoms with van der Waals surface area (Å²) in [6.45, 7) is 3.15. The second kappa shape index (κ2) is 13.9. The summed E-state index contributed by atoms with van der Waals surface area (Å²) in [6.07, 6.45) is 8.74. The molecule has 0 spiro atoms. The maximum atomic E-state index is 14.0. The van der Waals surface area contributed by atoms with Crippen LogP contribution >= 0.6 is 35.3 Å². The van der Waals surface area contributed by atoms with Crippen molar-refractivity contribution in [3.63, 3.8) is 0 Å². The molecule has 1 aliphatic heterocycles. The van der Waals surface area contributed by atoms with Crippen molar-refractivity contribution in [1.82, 2.24) is 4.90 Å². The van der Waals surface area contributed by atoms with Gasteiger partial charge in [-0.25, -0.2) is 8.78 Å². The Kier molecular flexibility index (Phi) is 10.6. The van der Waals surface area contributed by atoms with Crippen molar-refractivity contribution >= 4 is 35.3 Å². The van der Waals surface area contributed by atoms with E-state index in [0.717, 1.165) is 49.2 Å². The van der Waals surface area contributed by atoms with Crippen molar-refractivity contribution in [2.45, 2.75) is 46.3 Å². The molecule has 0 N–H and O–H groups in total. The lowest BCUT2D eigenvalue weighted by Gasteiger charge is -2.33. The van der Waals surface area contributed by atoms with E-state index in [1.54, 1.807) is 23.5 Å². The molecule has 3 aromatic carbocycles. The molecule has 1 unspecified atom stereocenters. The third kappa shape index (κ3) is 8.01. The molecule has 0 aliphatic carbocycles. The van der Waals surface area contributed by atoms with Gasteiger partial charge in [0.15, 0.2) is 0 Å². The number of nitrogens with zero attached hydrogens (tertiary/aromatic N) is 1. The number of likely N-dealkylation sites (tertiary alicyclic amines) is 1. The van der Waals surface area contributed by atoms with Crippen LogP contribution in [0.25, 0.3) is 0 Å². The highest BCUT2D eigenvalue weighted by atomic mass is 32.2. The van der Waals surface area contributed by atoms with Crippen molar-refractivity contribution in [3.8, 4) is 0 Å². The Hall–Kier alpha value is -1.47. The summed E-state index contributed by atoms with van der Waals surface area (Å²) in [4.78, 5) is 6.40. The van der Waals surface area contributed by atoms with E-state index in [1.165, 1.54) is 51.8 Å². The summed E-state index contributed by atoms with van der Waals surface area (Å²) in [5.41, 5.74) is 1.84. The van der Waals surface area contributed by atoms with Crippen molar-refractivity contribution in [2.24, 2.45) is 5.92 Å². The van der Waals surface area contributed by atoms with Crippen molar-refractivity contribution in [1.29, 1.82) is 0 Å². The summed E-state index contributed by atoms with van der Waals surface area (Å²) in [5.74, 6) is 0.927. The standard InChI is InChI=1S/C30H35F2NS3/c1-34-27-5-3-23(4-6-27)30(24-19-25(31)21-26(32)20-24)13-17-33-15-11-22(12-16-33)14-18-36-29-9-7-28(35-2)8-10-29/h3-10,19-22,30H,11-18H2,1-2H3. The molecule has 3 aromatic rings. The number of rotatable bonds is 11. The van der Waals surface area contributed by atoms with Crippen molar-refractivity contribution in [3.05, 3.63) is 89.5 Å². The van der Waals surface area contributed by atoms with E-state index in [0.29, 0.717) is 0 Å². The fraction of sp³-hybridized carbons (Fsp3) is 0.400. The van der Waals surface area contributed by atoms with Gasteiger partial charge in [0.1, 0.15) is 11.6 Å². The van der Waals surface area contributed by atoms with Crippen LogP contribution in [0.2, 0.25) is 0 Å². The zero-order valence-electron chi connectivity index (χ0n) is 21.1. The van der Waals surface area contributed by atoms with Gasteiger partial charge in [0.2, 0.25) is 0 Å². The minimum absolute atomic E-state index is 0.0160. The lowest BCUT2D eigenvalue weighted by atomic mass is 9.87. The fourth-order valence-corrected chi connectivity index (χ4v) is 6.80. The molecule has 0 aromatic heterocycles. The number of piperidine rings is 1. The van der Waals surface area contributed by atoms with E-state index in [9.17, 15) is 8.78 Å². The van der Waals surface area contributed by atoms with Gasteiger partial charge in [-0.3, -0.25) is 0 Å². The zero-order chi connectivity index (χ0) is 25.3. The maximum absolute atomic E-state index is 14.0. The lowest BCUT2D eigenvalue weighted by molar-refractivity contribution is 0.179. The molecule has 1 fully saturated rings. The highest BCUT2D eigenvalue weighted by Crippen LogP contribution is 2.32. The summed E-state index contributed by atoms with van der Waals surface area (Å²) in [5, 5.41) is 0. The molecular formula is C30H35F2NS3. The van der Waals surface area contributed by atoms with E-state index in [4.69, 9.17) is 0 Å². The third-order valence-corrected chi connectivity index (χ3v) is 9.63. The molecule has 1 heterocycles. The fourth-order valence-electron chi connectivity index (χ4n) is 4.96. The molecule has 192 valence electrons. The van der Waals surface area contributed by atoms with Crippen LogP contribution in [-0.4, -0.2) is 42.8 Å². The number of hydrogen-bond acceptors (Lipinski definition) is 4. The monoisotopic (exact) mass is 543 g/mol. The van der Waals surface area contributed by atoms with E-state index < -0.39 is 11.6 Å². The minimum atomic E-state index is -0.505. The van der Waals surface area contributed by atoms with Crippen LogP contribution in [0.5, 0.6) is 0 Å². The predicted molar refractivity (Wildman–Crippen MR) is 154 cm³/mol. The van der Waals surface area contributed by atoms with Crippen molar-refractivity contribution < 1.29 is 8.78 Å². The van der Waals surface area contributed by atoms with Crippen LogP contribution in [0, 0.1) is 17.6 Å². The van der Waals surface area contributed by atoms with Crippen LogP contribution in [0.1, 0.15) is 42.7 Å². The third-order valence-electron chi connectivity index (χ3n) is 7.10. The van der Waals surface area contributed by atoms with E-state index in [2.05, 4.69) is 65.9 Å². The van der Waals surface area contributed by atoms with Crippen LogP contribution in [0.4, 0.5) is 8.78 Å². The van der Waals surface area contributed by atoms with Crippen LogP contribution in [-0.2, 0) is 0 Å². The van der Waals surface area contributed by atoms with Gasteiger partial charge in [-0.2, -0.15) is 0 Å². The Balaban J connectivity index is 1.29. The molecule has 1 atom stereocenters. The van der Waals surface area contributed by atoms with Gasteiger partial charge in [0.25, 0.3) is 0 Å². The van der Waals surface area contributed by atoms with Crippen LogP contribution in [0.15, 0.2) is 81.4 Å². The zero-order valence-corrected chi connectivity index (χ0v) is 23.5. The average Bonchev–Trinajstić information content (AvgIpc) is 2.90. The first kappa shape index (κ1) is 27.6. The molecular weight excluding hydrogens is 509 g/mol. The topological polar surface area (TPSA) is 3.24 Å². The Bertz CT molecular complexity index is 1060. The first-order chi connectivity index (χ1) is 17.5. The highest BCUT2D eigenvalue weighted by Gasteiger charge is 2.22. The molecule has 0 saturated carbocycles. The van der Waals surface area contributed by atoms with Crippen molar-refractivity contribution in [2.75, 3.05) is 37.9 Å². The first-order valence-electron chi connectivity index (χ1n) is 12.6. The molecule has 6 heteroatoms. The summed E-state index contributed by atoms with van der Waals surface area (Å²) >= 11 is 5.45. The summed E-state index contributed by atoms with van der Waals surface area (Å²) in [6, 6.07) is 21.2. The normalized spacial score (nSPS) is 15.8.